The number of ether oxygens (including phenoxy) is 1. The van der Waals surface area contributed by atoms with Crippen LogP contribution in [0.4, 0.5) is 0 Å². The van der Waals surface area contributed by atoms with E-state index in [0.717, 1.165) is 17.7 Å². The molecule has 2 amide bonds. The number of carboxylic acid groups (broad SMARTS) is 1. The van der Waals surface area contributed by atoms with E-state index < -0.39 is 23.5 Å². The van der Waals surface area contributed by atoms with Gasteiger partial charge in [0, 0.05) is 25.1 Å². The van der Waals surface area contributed by atoms with Crippen LogP contribution < -0.4 is 0 Å². The number of likely N-dealkylation sites (tertiary alicyclic amines) is 2. The van der Waals surface area contributed by atoms with Crippen LogP contribution in [0.25, 0.3) is 0 Å². The number of carbonyl (C=O) groups excluding carboxylic acids is 2. The Labute approximate surface area is 190 Å². The summed E-state index contributed by atoms with van der Waals surface area (Å²) in [6, 6.07) is 6.29. The van der Waals surface area contributed by atoms with Crippen molar-refractivity contribution in [3.63, 3.8) is 0 Å². The van der Waals surface area contributed by atoms with Crippen molar-refractivity contribution < 1.29 is 28.6 Å². The van der Waals surface area contributed by atoms with E-state index in [1.165, 1.54) is 17.6 Å². The molecule has 0 aromatic carbocycles. The summed E-state index contributed by atoms with van der Waals surface area (Å²) in [5, 5.41) is 12.0. The molecule has 9 heteroatoms. The highest BCUT2D eigenvalue weighted by Gasteiger charge is 2.61. The van der Waals surface area contributed by atoms with Crippen LogP contribution >= 0.6 is 11.3 Å². The third kappa shape index (κ3) is 4.06. The van der Waals surface area contributed by atoms with Crippen LogP contribution in [0.15, 0.2) is 40.3 Å². The fourth-order valence-corrected chi connectivity index (χ4v) is 5.82. The molecule has 1 N–H and O–H groups in total. The number of carbonyl (C=O) groups is 3. The van der Waals surface area contributed by atoms with Crippen molar-refractivity contribution in [2.45, 2.75) is 43.7 Å². The summed E-state index contributed by atoms with van der Waals surface area (Å²) in [6.45, 7) is 1.36. The van der Waals surface area contributed by atoms with Gasteiger partial charge in [0.1, 0.15) is 17.3 Å². The van der Waals surface area contributed by atoms with Crippen LogP contribution in [0.1, 0.15) is 42.4 Å². The number of rotatable bonds is 7. The highest BCUT2D eigenvalue weighted by molar-refractivity contribution is 7.10. The van der Waals surface area contributed by atoms with Gasteiger partial charge in [-0.3, -0.25) is 14.4 Å². The largest absolute Gasteiger partial charge is 0.481 e. The predicted octanol–water partition coefficient (Wildman–Crippen LogP) is 2.96. The number of hydrogen-bond acceptors (Lipinski definition) is 6. The van der Waals surface area contributed by atoms with Crippen molar-refractivity contribution in [1.29, 1.82) is 0 Å². The normalized spacial score (nSPS) is 26.0. The first-order valence-corrected chi connectivity index (χ1v) is 11.7. The van der Waals surface area contributed by atoms with Crippen molar-refractivity contribution in [1.82, 2.24) is 9.80 Å². The maximum atomic E-state index is 13.9. The zero-order valence-electron chi connectivity index (χ0n) is 18.1. The van der Waals surface area contributed by atoms with Crippen molar-refractivity contribution in [3.8, 4) is 0 Å². The second-order valence-corrected chi connectivity index (χ2v) is 9.43. The first-order chi connectivity index (χ1) is 15.5. The van der Waals surface area contributed by atoms with Crippen LogP contribution in [-0.2, 0) is 25.5 Å². The number of methoxy groups -OCH3 is 1. The Hall–Kier alpha value is -2.65. The Morgan fingerprint density at radius 1 is 1.31 bits per heavy atom. The molecule has 2 aromatic heterocycles. The summed E-state index contributed by atoms with van der Waals surface area (Å²) < 4.78 is 10.8. The molecule has 2 fully saturated rings. The van der Waals surface area contributed by atoms with E-state index in [1.807, 2.05) is 17.5 Å². The van der Waals surface area contributed by atoms with E-state index in [1.54, 1.807) is 29.0 Å². The summed E-state index contributed by atoms with van der Waals surface area (Å²) in [4.78, 5) is 44.2. The Morgan fingerprint density at radius 3 is 2.81 bits per heavy atom. The molecule has 8 nitrogen and oxygen atoms in total. The molecule has 3 atom stereocenters. The molecule has 32 heavy (non-hydrogen) atoms. The van der Waals surface area contributed by atoms with Gasteiger partial charge in [0.15, 0.2) is 0 Å². The van der Waals surface area contributed by atoms with Gasteiger partial charge in [-0.1, -0.05) is 6.07 Å². The molecule has 4 rings (SSSR count). The smallest absolute Gasteiger partial charge is 0.309 e. The number of nitrogens with zero attached hydrogens (tertiary/aromatic N) is 2. The van der Waals surface area contributed by atoms with Crippen LogP contribution in [0.2, 0.25) is 0 Å². The first-order valence-electron chi connectivity index (χ1n) is 10.9. The third-order valence-corrected chi connectivity index (χ3v) is 7.40. The van der Waals surface area contributed by atoms with Crippen LogP contribution in [0.3, 0.4) is 0 Å². The van der Waals surface area contributed by atoms with E-state index in [9.17, 15) is 19.5 Å². The molecule has 0 radical (unpaired) electrons. The quantitative estimate of drug-likeness (QED) is 0.682. The lowest BCUT2D eigenvalue weighted by Crippen LogP contribution is -2.58. The second kappa shape index (κ2) is 9.46. The standard InChI is InChI=1S/C23H28N2O6S/c1-30-12-10-24-9-3-2-8-23(22(24)29)15-17(21(27)28)20(18-7-4-11-31-18)25(23)19(26)14-16-6-5-13-32-16/h4-7,11,13,17,20H,2-3,8-10,12,14-15H2,1H3,(H,27,28)/t17-,20+,23-/m0/s1. The molecule has 0 bridgehead atoms. The third-order valence-electron chi connectivity index (χ3n) is 6.52. The number of aliphatic carboxylic acids is 1. The number of hydrogen-bond donors (Lipinski definition) is 1. The molecule has 0 saturated carbocycles. The molecule has 2 saturated heterocycles. The lowest BCUT2D eigenvalue weighted by molar-refractivity contribution is -0.154. The van der Waals surface area contributed by atoms with Crippen molar-refractivity contribution in [2.75, 3.05) is 26.8 Å². The first kappa shape index (κ1) is 22.5. The van der Waals surface area contributed by atoms with E-state index in [2.05, 4.69) is 0 Å². The number of carboxylic acids is 1. The van der Waals surface area contributed by atoms with Gasteiger partial charge in [0.2, 0.25) is 11.8 Å². The highest BCUT2D eigenvalue weighted by Crippen LogP contribution is 2.51. The lowest BCUT2D eigenvalue weighted by Gasteiger charge is -2.41. The SMILES string of the molecule is COCCN1CCCC[C@]2(C[C@H](C(=O)O)[C@H](c3ccco3)N2C(=O)Cc2cccs2)C1=O. The molecule has 0 aliphatic carbocycles. The minimum absolute atomic E-state index is 0.0756. The zero-order chi connectivity index (χ0) is 22.7. The van der Waals surface area contributed by atoms with Crippen LogP contribution in [0.5, 0.6) is 0 Å². The summed E-state index contributed by atoms with van der Waals surface area (Å²) in [6.07, 6.45) is 3.64. The molecule has 2 aliphatic heterocycles. The number of thiophene rings is 1. The molecule has 0 unspecified atom stereocenters. The molecule has 2 aromatic rings. The van der Waals surface area contributed by atoms with Gasteiger partial charge >= 0.3 is 5.97 Å². The minimum Gasteiger partial charge on any atom is -0.481 e. The van der Waals surface area contributed by atoms with Gasteiger partial charge in [-0.25, -0.2) is 0 Å². The Bertz CT molecular complexity index is 944. The summed E-state index contributed by atoms with van der Waals surface area (Å²) >= 11 is 1.47. The molecule has 4 heterocycles. The van der Waals surface area contributed by atoms with E-state index in [4.69, 9.17) is 9.15 Å². The molecule has 1 spiro atoms. The Balaban J connectivity index is 1.79. The summed E-state index contributed by atoms with van der Waals surface area (Å²) in [5.41, 5.74) is -1.21. The fraction of sp³-hybridized carbons (Fsp3) is 0.522. The topological polar surface area (TPSA) is 100 Å². The average molecular weight is 461 g/mol. The zero-order valence-corrected chi connectivity index (χ0v) is 18.9. The number of amides is 2. The number of furan rings is 1. The summed E-state index contributed by atoms with van der Waals surface area (Å²) in [7, 11) is 1.58. The summed E-state index contributed by atoms with van der Waals surface area (Å²) in [5.74, 6) is -2.00. The van der Waals surface area contributed by atoms with Gasteiger partial charge in [0.05, 0.1) is 25.2 Å². The Morgan fingerprint density at radius 2 is 2.16 bits per heavy atom. The van der Waals surface area contributed by atoms with Crippen molar-refractivity contribution >= 4 is 29.1 Å². The maximum Gasteiger partial charge on any atom is 0.309 e. The fourth-order valence-electron chi connectivity index (χ4n) is 5.12. The molecular formula is C23H28N2O6S. The van der Waals surface area contributed by atoms with E-state index in [-0.39, 0.29) is 24.7 Å². The van der Waals surface area contributed by atoms with Crippen molar-refractivity contribution in [3.05, 3.63) is 46.5 Å². The molecular weight excluding hydrogens is 432 g/mol. The van der Waals surface area contributed by atoms with Gasteiger partial charge in [-0.15, -0.1) is 11.3 Å². The highest BCUT2D eigenvalue weighted by atomic mass is 32.1. The lowest BCUT2D eigenvalue weighted by atomic mass is 9.85. The van der Waals surface area contributed by atoms with Gasteiger partial charge in [-0.2, -0.15) is 0 Å². The van der Waals surface area contributed by atoms with E-state index >= 15 is 0 Å². The average Bonchev–Trinajstić information content (AvgIpc) is 3.50. The minimum atomic E-state index is -1.21. The predicted molar refractivity (Wildman–Crippen MR) is 117 cm³/mol. The maximum absolute atomic E-state index is 13.9. The van der Waals surface area contributed by atoms with Gasteiger partial charge in [0.25, 0.3) is 0 Å². The Kier molecular flexibility index (Phi) is 6.66. The van der Waals surface area contributed by atoms with Crippen LogP contribution in [-0.4, -0.2) is 65.0 Å². The molecule has 2 aliphatic rings. The van der Waals surface area contributed by atoms with Crippen LogP contribution in [0, 0.1) is 5.92 Å². The molecule has 172 valence electrons. The monoisotopic (exact) mass is 460 g/mol. The van der Waals surface area contributed by atoms with E-state index in [0.29, 0.717) is 31.9 Å². The van der Waals surface area contributed by atoms with Gasteiger partial charge < -0.3 is 24.1 Å². The van der Waals surface area contributed by atoms with Crippen molar-refractivity contribution in [2.24, 2.45) is 5.92 Å². The van der Waals surface area contributed by atoms with Gasteiger partial charge in [-0.05, 0) is 49.3 Å². The second-order valence-electron chi connectivity index (χ2n) is 8.40.